The first-order valence-electron chi connectivity index (χ1n) is 6.81. The van der Waals surface area contributed by atoms with Gasteiger partial charge in [-0.25, -0.2) is 0 Å². The van der Waals surface area contributed by atoms with Crippen LogP contribution in [0.25, 0.3) is 11.3 Å². The summed E-state index contributed by atoms with van der Waals surface area (Å²) in [4.78, 5) is 0. The summed E-state index contributed by atoms with van der Waals surface area (Å²) >= 11 is 0. The standard InChI is InChI=1S/C17H16N2O3/c1-20-14-7-3-12(4-8-14)16-11-17(19-22-16)18-13-5-9-15(21-2)10-6-13/h3-11H,1-2H3,(H,18,19). The minimum atomic E-state index is 0.649. The molecule has 2 aromatic carbocycles. The maximum Gasteiger partial charge on any atom is 0.174 e. The molecule has 0 aliphatic rings. The van der Waals surface area contributed by atoms with Crippen molar-refractivity contribution in [3.63, 3.8) is 0 Å². The second-order valence-corrected chi connectivity index (χ2v) is 4.66. The number of ether oxygens (including phenoxy) is 2. The number of nitrogens with one attached hydrogen (secondary N) is 1. The molecule has 0 amide bonds. The van der Waals surface area contributed by atoms with E-state index in [1.54, 1.807) is 14.2 Å². The van der Waals surface area contributed by atoms with E-state index in [2.05, 4.69) is 10.5 Å². The summed E-state index contributed by atoms with van der Waals surface area (Å²) in [5.74, 6) is 2.96. The molecule has 0 aliphatic carbocycles. The topological polar surface area (TPSA) is 56.5 Å². The lowest BCUT2D eigenvalue weighted by atomic mass is 10.1. The number of aromatic nitrogens is 1. The van der Waals surface area contributed by atoms with E-state index < -0.39 is 0 Å². The van der Waals surface area contributed by atoms with E-state index >= 15 is 0 Å². The number of anilines is 2. The number of hydrogen-bond acceptors (Lipinski definition) is 5. The van der Waals surface area contributed by atoms with E-state index in [1.165, 1.54) is 0 Å². The fourth-order valence-corrected chi connectivity index (χ4v) is 2.05. The van der Waals surface area contributed by atoms with Crippen molar-refractivity contribution in [1.82, 2.24) is 5.16 Å². The van der Waals surface area contributed by atoms with E-state index in [0.29, 0.717) is 11.6 Å². The van der Waals surface area contributed by atoms with Crippen molar-refractivity contribution in [2.24, 2.45) is 0 Å². The maximum absolute atomic E-state index is 5.36. The largest absolute Gasteiger partial charge is 0.497 e. The lowest BCUT2D eigenvalue weighted by Crippen LogP contribution is -1.90. The van der Waals surface area contributed by atoms with Gasteiger partial charge in [0.2, 0.25) is 0 Å². The van der Waals surface area contributed by atoms with Gasteiger partial charge in [0, 0.05) is 17.3 Å². The van der Waals surface area contributed by atoms with Crippen LogP contribution in [0, 0.1) is 0 Å². The Kier molecular flexibility index (Phi) is 3.96. The molecule has 1 N–H and O–H groups in total. The molecule has 1 heterocycles. The zero-order valence-electron chi connectivity index (χ0n) is 12.4. The Morgan fingerprint density at radius 1 is 0.864 bits per heavy atom. The highest BCUT2D eigenvalue weighted by Crippen LogP contribution is 2.26. The third-order valence-electron chi connectivity index (χ3n) is 3.25. The number of hydrogen-bond donors (Lipinski definition) is 1. The van der Waals surface area contributed by atoms with Gasteiger partial charge in [0.25, 0.3) is 0 Å². The maximum atomic E-state index is 5.36. The Balaban J connectivity index is 1.74. The summed E-state index contributed by atoms with van der Waals surface area (Å²) in [7, 11) is 3.28. The summed E-state index contributed by atoms with van der Waals surface area (Å²) in [6, 6.07) is 17.1. The van der Waals surface area contributed by atoms with Crippen molar-refractivity contribution in [1.29, 1.82) is 0 Å². The van der Waals surface area contributed by atoms with Gasteiger partial charge in [-0.1, -0.05) is 5.16 Å². The SMILES string of the molecule is COc1ccc(Nc2cc(-c3ccc(OC)cc3)on2)cc1. The van der Waals surface area contributed by atoms with E-state index in [9.17, 15) is 0 Å². The molecule has 0 saturated carbocycles. The molecule has 0 aliphatic heterocycles. The Bertz CT molecular complexity index is 733. The molecule has 22 heavy (non-hydrogen) atoms. The Morgan fingerprint density at radius 2 is 1.45 bits per heavy atom. The van der Waals surface area contributed by atoms with Crippen LogP contribution < -0.4 is 14.8 Å². The minimum absolute atomic E-state index is 0.649. The molecule has 1 aromatic heterocycles. The van der Waals surface area contributed by atoms with Crippen LogP contribution in [0.1, 0.15) is 0 Å². The first kappa shape index (κ1) is 14.0. The number of rotatable bonds is 5. The van der Waals surface area contributed by atoms with Crippen LogP contribution in [0.3, 0.4) is 0 Å². The molecule has 3 aromatic rings. The molecular weight excluding hydrogens is 280 g/mol. The first-order valence-corrected chi connectivity index (χ1v) is 6.81. The third-order valence-corrected chi connectivity index (χ3v) is 3.25. The average molecular weight is 296 g/mol. The van der Waals surface area contributed by atoms with Gasteiger partial charge < -0.3 is 19.3 Å². The summed E-state index contributed by atoms with van der Waals surface area (Å²) in [6.45, 7) is 0. The summed E-state index contributed by atoms with van der Waals surface area (Å²) < 4.78 is 15.6. The van der Waals surface area contributed by atoms with Gasteiger partial charge in [-0.15, -0.1) is 0 Å². The zero-order valence-corrected chi connectivity index (χ0v) is 12.4. The smallest absolute Gasteiger partial charge is 0.174 e. The van der Waals surface area contributed by atoms with Gasteiger partial charge in [-0.05, 0) is 48.5 Å². The van der Waals surface area contributed by atoms with Gasteiger partial charge in [0.15, 0.2) is 11.6 Å². The summed E-state index contributed by atoms with van der Waals surface area (Å²) in [6.07, 6.45) is 0. The second kappa shape index (κ2) is 6.22. The Morgan fingerprint density at radius 3 is 2.05 bits per heavy atom. The number of nitrogens with zero attached hydrogens (tertiary/aromatic N) is 1. The van der Waals surface area contributed by atoms with Crippen LogP contribution in [-0.4, -0.2) is 19.4 Å². The molecule has 0 unspecified atom stereocenters. The first-order chi connectivity index (χ1) is 10.8. The minimum Gasteiger partial charge on any atom is -0.497 e. The highest BCUT2D eigenvalue weighted by atomic mass is 16.5. The highest BCUT2D eigenvalue weighted by molar-refractivity contribution is 5.65. The Labute approximate surface area is 128 Å². The molecule has 0 fully saturated rings. The molecule has 112 valence electrons. The monoisotopic (exact) mass is 296 g/mol. The van der Waals surface area contributed by atoms with Crippen molar-refractivity contribution >= 4 is 11.5 Å². The van der Waals surface area contributed by atoms with Crippen LogP contribution in [0.2, 0.25) is 0 Å². The lowest BCUT2D eigenvalue weighted by molar-refractivity contribution is 0.414. The van der Waals surface area contributed by atoms with Crippen molar-refractivity contribution in [2.75, 3.05) is 19.5 Å². The molecule has 0 spiro atoms. The van der Waals surface area contributed by atoms with Crippen LogP contribution in [0.4, 0.5) is 11.5 Å². The highest BCUT2D eigenvalue weighted by Gasteiger charge is 2.07. The van der Waals surface area contributed by atoms with E-state index in [0.717, 1.165) is 22.7 Å². The van der Waals surface area contributed by atoms with Crippen molar-refractivity contribution < 1.29 is 14.0 Å². The van der Waals surface area contributed by atoms with Crippen molar-refractivity contribution in [3.05, 3.63) is 54.6 Å². The molecule has 0 bridgehead atoms. The Hall–Kier alpha value is -2.95. The van der Waals surface area contributed by atoms with Gasteiger partial charge in [-0.2, -0.15) is 0 Å². The van der Waals surface area contributed by atoms with Crippen LogP contribution in [0.5, 0.6) is 11.5 Å². The van der Waals surface area contributed by atoms with Gasteiger partial charge >= 0.3 is 0 Å². The fraction of sp³-hybridized carbons (Fsp3) is 0.118. The molecule has 3 rings (SSSR count). The fourth-order valence-electron chi connectivity index (χ4n) is 2.05. The molecule has 5 nitrogen and oxygen atoms in total. The second-order valence-electron chi connectivity index (χ2n) is 4.66. The molecule has 5 heteroatoms. The summed E-state index contributed by atoms with van der Waals surface area (Å²) in [5, 5.41) is 7.21. The van der Waals surface area contributed by atoms with E-state index in [1.807, 2.05) is 54.6 Å². The molecule has 0 radical (unpaired) electrons. The van der Waals surface area contributed by atoms with E-state index in [4.69, 9.17) is 14.0 Å². The molecule has 0 saturated heterocycles. The van der Waals surface area contributed by atoms with E-state index in [-0.39, 0.29) is 0 Å². The predicted octanol–water partition coefficient (Wildman–Crippen LogP) is 4.10. The van der Waals surface area contributed by atoms with Crippen LogP contribution >= 0.6 is 0 Å². The number of benzene rings is 2. The predicted molar refractivity (Wildman–Crippen MR) is 84.8 cm³/mol. The van der Waals surface area contributed by atoms with Gasteiger partial charge in [0.1, 0.15) is 11.5 Å². The molecule has 0 atom stereocenters. The van der Waals surface area contributed by atoms with Gasteiger partial charge in [-0.3, -0.25) is 0 Å². The third kappa shape index (κ3) is 3.03. The van der Waals surface area contributed by atoms with Crippen molar-refractivity contribution in [2.45, 2.75) is 0 Å². The lowest BCUT2D eigenvalue weighted by Gasteiger charge is -2.03. The quantitative estimate of drug-likeness (QED) is 0.768. The normalized spacial score (nSPS) is 10.3. The van der Waals surface area contributed by atoms with Gasteiger partial charge in [0.05, 0.1) is 14.2 Å². The summed E-state index contributed by atoms with van der Waals surface area (Å²) in [5.41, 5.74) is 1.85. The number of methoxy groups -OCH3 is 2. The van der Waals surface area contributed by atoms with Crippen molar-refractivity contribution in [3.8, 4) is 22.8 Å². The molecular formula is C17H16N2O3. The average Bonchev–Trinajstić information content (AvgIpc) is 3.04. The van der Waals surface area contributed by atoms with Crippen LogP contribution in [-0.2, 0) is 0 Å². The zero-order chi connectivity index (χ0) is 15.4. The van der Waals surface area contributed by atoms with Crippen LogP contribution in [0.15, 0.2) is 59.1 Å².